The van der Waals surface area contributed by atoms with Gasteiger partial charge >= 0.3 is 0 Å². The lowest BCUT2D eigenvalue weighted by Crippen LogP contribution is -1.92. The second-order valence-electron chi connectivity index (χ2n) is 11.0. The van der Waals surface area contributed by atoms with Gasteiger partial charge in [-0.15, -0.1) is 0 Å². The lowest BCUT2D eigenvalue weighted by molar-refractivity contribution is 0.670. The number of para-hydroxylation sites is 1. The van der Waals surface area contributed by atoms with Gasteiger partial charge in [-0.05, 0) is 72.6 Å². The molecule has 0 N–H and O–H groups in total. The molecule has 9 aromatic rings. The van der Waals surface area contributed by atoms with E-state index in [1.54, 1.807) is 12.1 Å². The van der Waals surface area contributed by atoms with Crippen LogP contribution in [0.3, 0.4) is 0 Å². The topological polar surface area (TPSA) is 13.1 Å². The summed E-state index contributed by atoms with van der Waals surface area (Å²) in [5.41, 5.74) is 5.57. The van der Waals surface area contributed by atoms with E-state index in [0.717, 1.165) is 43.4 Å². The van der Waals surface area contributed by atoms with Gasteiger partial charge in [-0.3, -0.25) is 0 Å². The molecule has 0 aliphatic heterocycles. The van der Waals surface area contributed by atoms with Crippen molar-refractivity contribution in [3.63, 3.8) is 0 Å². The highest BCUT2D eigenvalue weighted by molar-refractivity contribution is 6.23. The first kappa shape index (κ1) is 18.0. The lowest BCUT2D eigenvalue weighted by Gasteiger charge is -2.19. The molecule has 210 valence electrons. The van der Waals surface area contributed by atoms with Gasteiger partial charge in [0.2, 0.25) is 0 Å². The Hall–Kier alpha value is -5.92. The number of hydrogen-bond donors (Lipinski definition) is 0. The van der Waals surface area contributed by atoms with Gasteiger partial charge in [-0.2, -0.15) is 0 Å². The lowest BCUT2D eigenvalue weighted by atomic mass is 9.83. The van der Waals surface area contributed by atoms with Crippen molar-refractivity contribution >= 4 is 43.5 Å². The zero-order valence-electron chi connectivity index (χ0n) is 32.9. The normalized spacial score (nSPS) is 14.4. The first-order valence-electron chi connectivity index (χ1n) is 19.2. The molecule has 1 heterocycles. The van der Waals surface area contributed by atoms with Crippen molar-refractivity contribution in [3.05, 3.63) is 170 Å². The molecule has 0 fully saturated rings. The van der Waals surface area contributed by atoms with Crippen LogP contribution in [0.25, 0.3) is 88.0 Å². The van der Waals surface area contributed by atoms with Gasteiger partial charge in [0.05, 0.1) is 12.3 Å². The molecule has 0 bridgehead atoms. The molecule has 0 saturated carbocycles. The van der Waals surface area contributed by atoms with Crippen LogP contribution in [0.2, 0.25) is 0 Å². The number of hydrogen-bond acceptors (Lipinski definition) is 1. The van der Waals surface area contributed by atoms with E-state index >= 15 is 0 Å². The smallest absolute Gasteiger partial charge is 0.143 e. The van der Waals surface area contributed by atoms with Crippen molar-refractivity contribution in [2.24, 2.45) is 0 Å². The number of rotatable bonds is 4. The zero-order chi connectivity index (χ0) is 37.6. The zero-order valence-corrected chi connectivity index (χ0v) is 23.9. The Bertz CT molecular complexity index is 2960. The average molecular weight is 582 g/mol. The fourth-order valence-electron chi connectivity index (χ4n) is 6.57. The molecule has 1 nitrogen and oxygen atoms in total. The minimum absolute atomic E-state index is 0.0761. The van der Waals surface area contributed by atoms with Crippen molar-refractivity contribution < 1.29 is 16.8 Å². The third-order valence-electron chi connectivity index (χ3n) is 8.49. The monoisotopic (exact) mass is 581 g/mol. The molecular weight excluding hydrogens is 544 g/mol. The Morgan fingerprint density at radius 1 is 0.378 bits per heavy atom. The first-order chi connectivity index (χ1) is 26.1. The second-order valence-corrected chi connectivity index (χ2v) is 11.0. The quantitative estimate of drug-likeness (QED) is 0.188. The van der Waals surface area contributed by atoms with Crippen LogP contribution in [0.1, 0.15) is 12.3 Å². The number of benzene rings is 8. The highest BCUT2D eigenvalue weighted by Gasteiger charge is 2.20. The molecule has 1 aromatic heterocycles. The van der Waals surface area contributed by atoms with Gasteiger partial charge < -0.3 is 4.42 Å². The van der Waals surface area contributed by atoms with Crippen molar-refractivity contribution in [1.29, 1.82) is 0 Å². The van der Waals surface area contributed by atoms with Gasteiger partial charge in [0.15, 0.2) is 0 Å². The van der Waals surface area contributed by atoms with Crippen LogP contribution in [0.4, 0.5) is 0 Å². The molecule has 0 saturated heterocycles. The standard InChI is InChI=1S/C44H28O/c1-3-14-29(15-4-1)32-18-7-8-19-34(32)43-37-22-11-9-20-35(37)42(36-21-10-12-23-38(36)43)31-26-27-41-40(28-31)39-25-13-24-33(44(39)45-41)30-16-5-2-6-17-30/h1-28H/i2D,5D,6D,7D,8D,16D,17D,18D,19D. The highest BCUT2D eigenvalue weighted by atomic mass is 16.3. The summed E-state index contributed by atoms with van der Waals surface area (Å²) in [6.45, 7) is 0. The molecule has 9 rings (SSSR count). The van der Waals surface area contributed by atoms with Crippen molar-refractivity contribution in [2.45, 2.75) is 0 Å². The third-order valence-corrected chi connectivity index (χ3v) is 8.49. The molecule has 1 heteroatoms. The largest absolute Gasteiger partial charge is 0.455 e. The highest BCUT2D eigenvalue weighted by Crippen LogP contribution is 2.47. The SMILES string of the molecule is [2H]c1c([2H])c([2H])c(-c2cccc3c2oc2ccc(-c4c5ccccc5c(-c5c([2H])c([2H])c([2H])c([2H])c5-c5ccccc5)c5ccccc45)cc23)c([2H])c1[2H]. The van der Waals surface area contributed by atoms with Crippen molar-refractivity contribution in [3.8, 4) is 44.5 Å². The molecule has 45 heavy (non-hydrogen) atoms. The summed E-state index contributed by atoms with van der Waals surface area (Å²) < 4.78 is 83.8. The minimum Gasteiger partial charge on any atom is -0.455 e. The molecule has 0 aliphatic carbocycles. The number of fused-ring (bicyclic) bond motifs is 5. The second kappa shape index (κ2) is 10.4. The van der Waals surface area contributed by atoms with Gasteiger partial charge in [-0.25, -0.2) is 0 Å². The van der Waals surface area contributed by atoms with Crippen LogP contribution in [-0.2, 0) is 0 Å². The number of furan rings is 1. The Morgan fingerprint density at radius 2 is 0.978 bits per heavy atom. The summed E-state index contributed by atoms with van der Waals surface area (Å²) in [6.07, 6.45) is 0. The third kappa shape index (κ3) is 4.09. The van der Waals surface area contributed by atoms with E-state index in [9.17, 15) is 1.37 Å². The van der Waals surface area contributed by atoms with E-state index in [1.807, 2.05) is 103 Å². The predicted molar refractivity (Wildman–Crippen MR) is 190 cm³/mol. The molecule has 8 aromatic carbocycles. The van der Waals surface area contributed by atoms with Crippen LogP contribution in [0.5, 0.6) is 0 Å². The Morgan fingerprint density at radius 3 is 1.69 bits per heavy atom. The Kier molecular flexibility index (Phi) is 4.15. The maximum Gasteiger partial charge on any atom is 0.143 e. The predicted octanol–water partition coefficient (Wildman–Crippen LogP) is 12.6. The summed E-state index contributed by atoms with van der Waals surface area (Å²) in [4.78, 5) is 0. The molecule has 0 unspecified atom stereocenters. The Balaban J connectivity index is 1.35. The summed E-state index contributed by atoms with van der Waals surface area (Å²) in [5.74, 6) is 0. The summed E-state index contributed by atoms with van der Waals surface area (Å²) >= 11 is 0. The molecule has 0 spiro atoms. The first-order valence-corrected chi connectivity index (χ1v) is 14.7. The van der Waals surface area contributed by atoms with E-state index in [0.29, 0.717) is 39.0 Å². The maximum atomic E-state index is 9.26. The van der Waals surface area contributed by atoms with Crippen molar-refractivity contribution in [2.75, 3.05) is 0 Å². The summed E-state index contributed by atoms with van der Waals surface area (Å²) in [5, 5.41) is 4.96. The molecule has 0 aliphatic rings. The summed E-state index contributed by atoms with van der Waals surface area (Å²) in [6, 6.07) is 33.8. The molecule has 0 radical (unpaired) electrons. The van der Waals surface area contributed by atoms with E-state index in [-0.39, 0.29) is 41.8 Å². The van der Waals surface area contributed by atoms with Crippen LogP contribution in [-0.4, -0.2) is 0 Å². The molecular formula is C44H28O. The van der Waals surface area contributed by atoms with Gasteiger partial charge in [0.1, 0.15) is 11.2 Å². The van der Waals surface area contributed by atoms with Crippen LogP contribution in [0.15, 0.2) is 174 Å². The summed E-state index contributed by atoms with van der Waals surface area (Å²) in [7, 11) is 0. The average Bonchev–Trinajstić information content (AvgIpc) is 3.58. The van der Waals surface area contributed by atoms with Gasteiger partial charge in [0.25, 0.3) is 0 Å². The van der Waals surface area contributed by atoms with Gasteiger partial charge in [0, 0.05) is 16.3 Å². The fourth-order valence-corrected chi connectivity index (χ4v) is 6.57. The van der Waals surface area contributed by atoms with Crippen LogP contribution < -0.4 is 0 Å². The molecule has 0 amide bonds. The van der Waals surface area contributed by atoms with Crippen LogP contribution in [0, 0.1) is 0 Å². The maximum absolute atomic E-state index is 9.26. The van der Waals surface area contributed by atoms with Gasteiger partial charge in [-0.1, -0.05) is 158 Å². The van der Waals surface area contributed by atoms with E-state index in [1.165, 1.54) is 0 Å². The van der Waals surface area contributed by atoms with E-state index in [4.69, 9.17) is 15.4 Å². The van der Waals surface area contributed by atoms with E-state index < -0.39 is 18.1 Å². The van der Waals surface area contributed by atoms with E-state index in [2.05, 4.69) is 0 Å². The molecule has 0 atom stereocenters. The fraction of sp³-hybridized carbons (Fsp3) is 0. The van der Waals surface area contributed by atoms with Crippen LogP contribution >= 0.6 is 0 Å². The minimum atomic E-state index is -0.454. The van der Waals surface area contributed by atoms with Crippen molar-refractivity contribution in [1.82, 2.24) is 0 Å². The Labute approximate surface area is 274 Å².